The first-order valence-corrected chi connectivity index (χ1v) is 10.7. The Hall–Kier alpha value is -1.82. The Bertz CT molecular complexity index is 1000. The number of nitrogens with zero attached hydrogens (tertiary/aromatic N) is 1. The van der Waals surface area contributed by atoms with Crippen LogP contribution < -0.4 is 0 Å². The van der Waals surface area contributed by atoms with Crippen LogP contribution in [0.4, 0.5) is 0 Å². The minimum atomic E-state index is -3.43. The molecule has 4 rings (SSSR count). The number of benzene rings is 2. The Morgan fingerprint density at radius 2 is 1.73 bits per heavy atom. The largest absolute Gasteiger partial charge is 0.361 e. The van der Waals surface area contributed by atoms with E-state index in [0.717, 1.165) is 24.8 Å². The van der Waals surface area contributed by atoms with Crippen LogP contribution in [0, 0.1) is 5.92 Å². The van der Waals surface area contributed by atoms with Gasteiger partial charge in [0, 0.05) is 35.2 Å². The lowest BCUT2D eigenvalue weighted by Crippen LogP contribution is -2.38. The second-order valence-corrected chi connectivity index (χ2v) is 9.24. The van der Waals surface area contributed by atoms with E-state index in [0.29, 0.717) is 28.9 Å². The van der Waals surface area contributed by atoms with Crippen molar-refractivity contribution in [1.82, 2.24) is 9.29 Å². The van der Waals surface area contributed by atoms with Gasteiger partial charge >= 0.3 is 0 Å². The van der Waals surface area contributed by atoms with Crippen molar-refractivity contribution >= 4 is 32.5 Å². The third kappa shape index (κ3) is 3.39. The molecule has 0 saturated carbocycles. The van der Waals surface area contributed by atoms with E-state index in [1.807, 2.05) is 6.07 Å². The lowest BCUT2D eigenvalue weighted by molar-refractivity contribution is 0.273. The standard InChI is InChI=1S/C20H21ClN2O2S/c21-17-5-7-18(8-6-17)26(24,25)23-11-9-15(10-12-23)13-16-14-22-20-4-2-1-3-19(16)20/h1-8,14-15,22H,9-13H2. The summed E-state index contributed by atoms with van der Waals surface area (Å²) in [5.41, 5.74) is 2.48. The summed E-state index contributed by atoms with van der Waals surface area (Å²) in [5, 5.41) is 1.81. The molecule has 1 aliphatic heterocycles. The van der Waals surface area contributed by atoms with Gasteiger partial charge in [-0.15, -0.1) is 0 Å². The van der Waals surface area contributed by atoms with Crippen LogP contribution in [0.2, 0.25) is 5.02 Å². The van der Waals surface area contributed by atoms with Gasteiger partial charge in [-0.05, 0) is 61.1 Å². The van der Waals surface area contributed by atoms with E-state index in [2.05, 4.69) is 29.4 Å². The topological polar surface area (TPSA) is 53.2 Å². The molecule has 1 aliphatic rings. The average Bonchev–Trinajstić information content (AvgIpc) is 3.06. The number of aromatic amines is 1. The Balaban J connectivity index is 1.43. The van der Waals surface area contributed by atoms with Crippen LogP contribution in [0.3, 0.4) is 0 Å². The van der Waals surface area contributed by atoms with Crippen LogP contribution in [0.1, 0.15) is 18.4 Å². The van der Waals surface area contributed by atoms with Crippen molar-refractivity contribution in [3.63, 3.8) is 0 Å². The minimum Gasteiger partial charge on any atom is -0.361 e. The van der Waals surface area contributed by atoms with Gasteiger partial charge in [0.15, 0.2) is 0 Å². The molecule has 4 nitrogen and oxygen atoms in total. The Kier molecular flexibility index (Phi) is 4.78. The number of nitrogens with one attached hydrogen (secondary N) is 1. The molecule has 6 heteroatoms. The fourth-order valence-electron chi connectivity index (χ4n) is 3.72. The van der Waals surface area contributed by atoms with E-state index in [1.54, 1.807) is 28.6 Å². The Morgan fingerprint density at radius 1 is 1.04 bits per heavy atom. The van der Waals surface area contributed by atoms with E-state index in [4.69, 9.17) is 11.6 Å². The van der Waals surface area contributed by atoms with Crippen molar-refractivity contribution in [1.29, 1.82) is 0 Å². The summed E-state index contributed by atoms with van der Waals surface area (Å²) in [6, 6.07) is 14.7. The highest BCUT2D eigenvalue weighted by Crippen LogP contribution is 2.29. The summed E-state index contributed by atoms with van der Waals surface area (Å²) in [4.78, 5) is 3.64. The van der Waals surface area contributed by atoms with Crippen molar-refractivity contribution in [2.24, 2.45) is 5.92 Å². The zero-order valence-electron chi connectivity index (χ0n) is 14.4. The van der Waals surface area contributed by atoms with Gasteiger partial charge in [-0.1, -0.05) is 29.8 Å². The van der Waals surface area contributed by atoms with Gasteiger partial charge in [0.2, 0.25) is 10.0 Å². The van der Waals surface area contributed by atoms with Crippen LogP contribution in [-0.2, 0) is 16.4 Å². The van der Waals surface area contributed by atoms with Gasteiger partial charge in [0.1, 0.15) is 0 Å². The summed E-state index contributed by atoms with van der Waals surface area (Å²) >= 11 is 5.86. The number of rotatable bonds is 4. The van der Waals surface area contributed by atoms with Gasteiger partial charge in [-0.3, -0.25) is 0 Å². The summed E-state index contributed by atoms with van der Waals surface area (Å²) in [6.45, 7) is 1.13. The smallest absolute Gasteiger partial charge is 0.243 e. The average molecular weight is 389 g/mol. The number of aromatic nitrogens is 1. The normalized spacial score (nSPS) is 17.0. The first kappa shape index (κ1) is 17.6. The molecule has 2 heterocycles. The number of halogens is 1. The molecule has 1 aromatic heterocycles. The van der Waals surface area contributed by atoms with Crippen molar-refractivity contribution in [2.75, 3.05) is 13.1 Å². The highest BCUT2D eigenvalue weighted by atomic mass is 35.5. The summed E-state index contributed by atoms with van der Waals surface area (Å²) in [6.07, 6.45) is 4.83. The number of hydrogen-bond donors (Lipinski definition) is 1. The number of fused-ring (bicyclic) bond motifs is 1. The molecule has 136 valence electrons. The predicted molar refractivity (Wildman–Crippen MR) is 105 cm³/mol. The minimum absolute atomic E-state index is 0.317. The fourth-order valence-corrected chi connectivity index (χ4v) is 5.32. The zero-order chi connectivity index (χ0) is 18.1. The first-order chi connectivity index (χ1) is 12.5. The highest BCUT2D eigenvalue weighted by molar-refractivity contribution is 7.89. The molecule has 0 spiro atoms. The molecule has 0 atom stereocenters. The molecule has 2 aromatic carbocycles. The molecule has 1 N–H and O–H groups in total. The van der Waals surface area contributed by atoms with E-state index < -0.39 is 10.0 Å². The second kappa shape index (κ2) is 7.06. The maximum Gasteiger partial charge on any atom is 0.243 e. The number of H-pyrrole nitrogens is 1. The third-order valence-electron chi connectivity index (χ3n) is 5.21. The summed E-state index contributed by atoms with van der Waals surface area (Å²) in [5.74, 6) is 0.505. The predicted octanol–water partition coefficient (Wildman–Crippen LogP) is 4.46. The second-order valence-electron chi connectivity index (χ2n) is 6.87. The van der Waals surface area contributed by atoms with Gasteiger partial charge in [0.05, 0.1) is 4.90 Å². The lowest BCUT2D eigenvalue weighted by Gasteiger charge is -2.31. The molecule has 3 aromatic rings. The fraction of sp³-hybridized carbons (Fsp3) is 0.300. The molecular formula is C20H21ClN2O2S. The molecular weight excluding hydrogens is 368 g/mol. The van der Waals surface area contributed by atoms with Gasteiger partial charge in [-0.2, -0.15) is 4.31 Å². The molecule has 1 saturated heterocycles. The van der Waals surface area contributed by atoms with Crippen LogP contribution in [0.5, 0.6) is 0 Å². The third-order valence-corrected chi connectivity index (χ3v) is 7.37. The molecule has 26 heavy (non-hydrogen) atoms. The number of piperidine rings is 1. The maximum atomic E-state index is 12.8. The van der Waals surface area contributed by atoms with Gasteiger partial charge in [0.25, 0.3) is 0 Å². The highest BCUT2D eigenvalue weighted by Gasteiger charge is 2.29. The Morgan fingerprint density at radius 3 is 2.46 bits per heavy atom. The number of sulfonamides is 1. The van der Waals surface area contributed by atoms with Crippen LogP contribution in [-0.4, -0.2) is 30.8 Å². The number of hydrogen-bond acceptors (Lipinski definition) is 2. The van der Waals surface area contributed by atoms with E-state index in [1.165, 1.54) is 10.9 Å². The monoisotopic (exact) mass is 388 g/mol. The van der Waals surface area contributed by atoms with E-state index in [9.17, 15) is 8.42 Å². The van der Waals surface area contributed by atoms with Crippen LogP contribution in [0.25, 0.3) is 10.9 Å². The SMILES string of the molecule is O=S(=O)(c1ccc(Cl)cc1)N1CCC(Cc2c[nH]c3ccccc23)CC1. The van der Waals surface area contributed by atoms with Crippen molar-refractivity contribution in [3.05, 3.63) is 65.3 Å². The zero-order valence-corrected chi connectivity index (χ0v) is 15.9. The lowest BCUT2D eigenvalue weighted by atomic mass is 9.91. The molecule has 0 unspecified atom stereocenters. The quantitative estimate of drug-likeness (QED) is 0.717. The maximum absolute atomic E-state index is 12.8. The van der Waals surface area contributed by atoms with Crippen molar-refractivity contribution in [3.8, 4) is 0 Å². The number of para-hydroxylation sites is 1. The van der Waals surface area contributed by atoms with Crippen LogP contribution >= 0.6 is 11.6 Å². The molecule has 0 radical (unpaired) electrons. The Labute approximate surface area is 158 Å². The van der Waals surface area contributed by atoms with Gasteiger partial charge in [-0.25, -0.2) is 8.42 Å². The van der Waals surface area contributed by atoms with E-state index in [-0.39, 0.29) is 0 Å². The van der Waals surface area contributed by atoms with E-state index >= 15 is 0 Å². The summed E-state index contributed by atoms with van der Waals surface area (Å²) < 4.78 is 27.1. The summed E-state index contributed by atoms with van der Waals surface area (Å²) in [7, 11) is -3.43. The first-order valence-electron chi connectivity index (χ1n) is 8.85. The van der Waals surface area contributed by atoms with Crippen molar-refractivity contribution < 1.29 is 8.42 Å². The van der Waals surface area contributed by atoms with Crippen molar-refractivity contribution in [2.45, 2.75) is 24.2 Å². The van der Waals surface area contributed by atoms with Gasteiger partial charge < -0.3 is 4.98 Å². The van der Waals surface area contributed by atoms with Crippen LogP contribution in [0.15, 0.2) is 59.6 Å². The molecule has 0 bridgehead atoms. The molecule has 0 amide bonds. The molecule has 0 aliphatic carbocycles. The molecule has 1 fully saturated rings.